The van der Waals surface area contributed by atoms with Crippen LogP contribution >= 0.6 is 0 Å². The summed E-state index contributed by atoms with van der Waals surface area (Å²) in [6.45, 7) is 4.76. The standard InChI is InChI=1S/C19H22N4O3/c1-13(2)23-11-17(20-21-23)19(25)8-5-9-22(12-19)18(24)16-10-14-6-3-4-7-15(14)26-16/h3-4,6-7,10-11,13,25H,5,8-9,12H2,1-2H3. The number of aliphatic hydroxyl groups is 1. The van der Waals surface area contributed by atoms with Crippen molar-refractivity contribution in [1.29, 1.82) is 0 Å². The van der Waals surface area contributed by atoms with E-state index in [1.165, 1.54) is 0 Å². The van der Waals surface area contributed by atoms with Gasteiger partial charge in [0.15, 0.2) is 5.76 Å². The van der Waals surface area contributed by atoms with Crippen LogP contribution in [0.1, 0.15) is 49.0 Å². The van der Waals surface area contributed by atoms with Crippen molar-refractivity contribution in [2.75, 3.05) is 13.1 Å². The lowest BCUT2D eigenvalue weighted by Gasteiger charge is -2.37. The number of fused-ring (bicyclic) bond motifs is 1. The van der Waals surface area contributed by atoms with Crippen molar-refractivity contribution >= 4 is 16.9 Å². The Hall–Kier alpha value is -2.67. The molecule has 0 saturated carbocycles. The number of rotatable bonds is 3. The molecule has 136 valence electrons. The highest BCUT2D eigenvalue weighted by Crippen LogP contribution is 2.31. The van der Waals surface area contributed by atoms with E-state index < -0.39 is 5.60 Å². The molecule has 26 heavy (non-hydrogen) atoms. The molecule has 4 rings (SSSR count). The molecule has 7 heteroatoms. The van der Waals surface area contributed by atoms with Crippen LogP contribution in [0.5, 0.6) is 0 Å². The number of aromatic nitrogens is 3. The number of piperidine rings is 1. The van der Waals surface area contributed by atoms with Crippen molar-refractivity contribution in [3.05, 3.63) is 48.0 Å². The molecule has 3 aromatic rings. The van der Waals surface area contributed by atoms with Crippen LogP contribution in [0.3, 0.4) is 0 Å². The van der Waals surface area contributed by atoms with Gasteiger partial charge < -0.3 is 14.4 Å². The molecule has 1 N–H and O–H groups in total. The maximum atomic E-state index is 12.9. The molecule has 1 atom stereocenters. The van der Waals surface area contributed by atoms with Crippen LogP contribution in [-0.2, 0) is 5.60 Å². The molecular formula is C19H22N4O3. The van der Waals surface area contributed by atoms with Crippen LogP contribution < -0.4 is 0 Å². The molecule has 1 saturated heterocycles. The van der Waals surface area contributed by atoms with Crippen molar-refractivity contribution in [2.45, 2.75) is 38.3 Å². The quantitative estimate of drug-likeness (QED) is 0.782. The summed E-state index contributed by atoms with van der Waals surface area (Å²) in [5.41, 5.74) is 0.00359. The summed E-state index contributed by atoms with van der Waals surface area (Å²) >= 11 is 0. The fraction of sp³-hybridized carbons (Fsp3) is 0.421. The molecule has 0 radical (unpaired) electrons. The van der Waals surface area contributed by atoms with Gasteiger partial charge in [-0.1, -0.05) is 23.4 Å². The minimum Gasteiger partial charge on any atom is -0.451 e. The van der Waals surface area contributed by atoms with Gasteiger partial charge in [-0.05, 0) is 38.8 Å². The highest BCUT2D eigenvalue weighted by Gasteiger charge is 2.40. The number of nitrogens with zero attached hydrogens (tertiary/aromatic N) is 4. The lowest BCUT2D eigenvalue weighted by molar-refractivity contribution is -0.0327. The fourth-order valence-corrected chi connectivity index (χ4v) is 3.40. The van der Waals surface area contributed by atoms with Crippen molar-refractivity contribution in [3.8, 4) is 0 Å². The number of para-hydroxylation sites is 1. The minimum atomic E-state index is -1.19. The Labute approximate surface area is 151 Å². The Kier molecular flexibility index (Phi) is 4.03. The monoisotopic (exact) mass is 354 g/mol. The fourth-order valence-electron chi connectivity index (χ4n) is 3.40. The third-order valence-corrected chi connectivity index (χ3v) is 4.91. The van der Waals surface area contributed by atoms with E-state index in [2.05, 4.69) is 10.3 Å². The third-order valence-electron chi connectivity index (χ3n) is 4.91. The van der Waals surface area contributed by atoms with Crippen molar-refractivity contribution in [3.63, 3.8) is 0 Å². The topological polar surface area (TPSA) is 84.4 Å². The van der Waals surface area contributed by atoms with E-state index in [0.29, 0.717) is 36.4 Å². The first-order valence-corrected chi connectivity index (χ1v) is 8.89. The van der Waals surface area contributed by atoms with Gasteiger partial charge in [0.1, 0.15) is 16.9 Å². The SMILES string of the molecule is CC(C)n1cc(C2(O)CCCN(C(=O)c3cc4ccccc4o3)C2)nn1. The predicted molar refractivity (Wildman–Crippen MR) is 95.7 cm³/mol. The lowest BCUT2D eigenvalue weighted by atomic mass is 9.90. The molecule has 1 aliphatic rings. The maximum Gasteiger partial charge on any atom is 0.289 e. The number of amides is 1. The van der Waals surface area contributed by atoms with Gasteiger partial charge in [0, 0.05) is 18.0 Å². The minimum absolute atomic E-state index is 0.164. The summed E-state index contributed by atoms with van der Waals surface area (Å²) in [7, 11) is 0. The van der Waals surface area contributed by atoms with Crippen molar-refractivity contribution < 1.29 is 14.3 Å². The first-order valence-electron chi connectivity index (χ1n) is 8.89. The summed E-state index contributed by atoms with van der Waals surface area (Å²) in [5.74, 6) is 0.0804. The maximum absolute atomic E-state index is 12.9. The number of furan rings is 1. The Morgan fingerprint density at radius 3 is 2.88 bits per heavy atom. The lowest BCUT2D eigenvalue weighted by Crippen LogP contribution is -2.48. The summed E-state index contributed by atoms with van der Waals surface area (Å²) in [5, 5.41) is 20.2. The van der Waals surface area contributed by atoms with Crippen LogP contribution in [0.2, 0.25) is 0 Å². The molecule has 1 fully saturated rings. The first kappa shape index (κ1) is 16.8. The molecule has 1 aliphatic heterocycles. The number of likely N-dealkylation sites (tertiary alicyclic amines) is 1. The molecule has 3 heterocycles. The second-order valence-corrected chi connectivity index (χ2v) is 7.19. The summed E-state index contributed by atoms with van der Waals surface area (Å²) in [6, 6.07) is 9.44. The molecule has 1 unspecified atom stereocenters. The predicted octanol–water partition coefficient (Wildman–Crippen LogP) is 2.73. The summed E-state index contributed by atoms with van der Waals surface area (Å²) in [6.07, 6.45) is 3.00. The second kappa shape index (κ2) is 6.25. The van der Waals surface area contributed by atoms with Crippen LogP contribution in [-0.4, -0.2) is 44.0 Å². The highest BCUT2D eigenvalue weighted by molar-refractivity contribution is 5.96. The zero-order valence-corrected chi connectivity index (χ0v) is 14.9. The third kappa shape index (κ3) is 2.88. The molecule has 1 aromatic carbocycles. The zero-order valence-electron chi connectivity index (χ0n) is 14.9. The number of carbonyl (C=O) groups is 1. The van der Waals surface area contributed by atoms with Gasteiger partial charge in [-0.3, -0.25) is 4.79 Å². The van der Waals surface area contributed by atoms with Crippen LogP contribution in [0.25, 0.3) is 11.0 Å². The van der Waals surface area contributed by atoms with Gasteiger partial charge in [0.2, 0.25) is 0 Å². The molecule has 2 aromatic heterocycles. The van der Waals surface area contributed by atoms with E-state index in [-0.39, 0.29) is 18.5 Å². The molecule has 0 spiro atoms. The molecule has 7 nitrogen and oxygen atoms in total. The summed E-state index contributed by atoms with van der Waals surface area (Å²) < 4.78 is 7.40. The van der Waals surface area contributed by atoms with Crippen LogP contribution in [0, 0.1) is 0 Å². The van der Waals surface area contributed by atoms with Crippen LogP contribution in [0.15, 0.2) is 40.9 Å². The number of β-amino-alcohol motifs (C(OH)–C–C–N with tert-alkyl or cyclic N) is 1. The number of hydrogen-bond acceptors (Lipinski definition) is 5. The normalized spacial score (nSPS) is 20.8. The van der Waals surface area contributed by atoms with Crippen LogP contribution in [0.4, 0.5) is 0 Å². The smallest absolute Gasteiger partial charge is 0.289 e. The van der Waals surface area contributed by atoms with E-state index >= 15 is 0 Å². The van der Waals surface area contributed by atoms with Gasteiger partial charge in [-0.15, -0.1) is 5.10 Å². The van der Waals surface area contributed by atoms with E-state index in [1.807, 2.05) is 38.1 Å². The molecule has 1 amide bonds. The highest BCUT2D eigenvalue weighted by atomic mass is 16.3. The Morgan fingerprint density at radius 2 is 2.15 bits per heavy atom. The first-order chi connectivity index (χ1) is 12.5. The zero-order chi connectivity index (χ0) is 18.3. The number of hydrogen-bond donors (Lipinski definition) is 1. The van der Waals surface area contributed by atoms with E-state index in [1.54, 1.807) is 21.8 Å². The van der Waals surface area contributed by atoms with Crippen molar-refractivity contribution in [2.24, 2.45) is 0 Å². The second-order valence-electron chi connectivity index (χ2n) is 7.19. The molecule has 0 bridgehead atoms. The largest absolute Gasteiger partial charge is 0.451 e. The average Bonchev–Trinajstić information content (AvgIpc) is 3.28. The van der Waals surface area contributed by atoms with Gasteiger partial charge in [-0.25, -0.2) is 4.68 Å². The number of benzene rings is 1. The van der Waals surface area contributed by atoms with Gasteiger partial charge in [0.05, 0.1) is 12.7 Å². The number of carbonyl (C=O) groups excluding carboxylic acids is 1. The Morgan fingerprint density at radius 1 is 1.35 bits per heavy atom. The van der Waals surface area contributed by atoms with Crippen molar-refractivity contribution in [1.82, 2.24) is 19.9 Å². The van der Waals surface area contributed by atoms with E-state index in [0.717, 1.165) is 5.39 Å². The average molecular weight is 354 g/mol. The van der Waals surface area contributed by atoms with E-state index in [4.69, 9.17) is 4.42 Å². The Bertz CT molecular complexity index is 912. The molecule has 0 aliphatic carbocycles. The Balaban J connectivity index is 1.58. The van der Waals surface area contributed by atoms with E-state index in [9.17, 15) is 9.90 Å². The van der Waals surface area contributed by atoms with Gasteiger partial charge in [-0.2, -0.15) is 0 Å². The van der Waals surface area contributed by atoms with Gasteiger partial charge >= 0.3 is 0 Å². The molecular weight excluding hydrogens is 332 g/mol. The summed E-state index contributed by atoms with van der Waals surface area (Å²) in [4.78, 5) is 14.5. The van der Waals surface area contributed by atoms with Gasteiger partial charge in [0.25, 0.3) is 5.91 Å².